The van der Waals surface area contributed by atoms with Crippen molar-refractivity contribution in [3.05, 3.63) is 60.0 Å². The first-order valence-electron chi connectivity index (χ1n) is 10.3. The van der Waals surface area contributed by atoms with Crippen LogP contribution in [0.15, 0.2) is 48.8 Å². The van der Waals surface area contributed by atoms with Crippen molar-refractivity contribution in [2.24, 2.45) is 0 Å². The number of piperidine rings is 1. The average molecular weight is 377 g/mol. The summed E-state index contributed by atoms with van der Waals surface area (Å²) in [5.74, 6) is -0.105. The van der Waals surface area contributed by atoms with Gasteiger partial charge >= 0.3 is 0 Å². The largest absolute Gasteiger partial charge is 0.368 e. The van der Waals surface area contributed by atoms with E-state index >= 15 is 0 Å². The SMILES string of the molecule is CCC1CCCCN1c1ccnc(C(=O)NCCc2c[nH]c3ccccc23)c1. The second-order valence-electron chi connectivity index (χ2n) is 7.52. The van der Waals surface area contributed by atoms with E-state index < -0.39 is 0 Å². The van der Waals surface area contributed by atoms with Gasteiger partial charge in [0.05, 0.1) is 0 Å². The Morgan fingerprint density at radius 2 is 2.18 bits per heavy atom. The fourth-order valence-electron chi connectivity index (χ4n) is 4.23. The van der Waals surface area contributed by atoms with Crippen molar-refractivity contribution in [3.63, 3.8) is 0 Å². The standard InChI is InChI=1S/C23H28N4O/c1-2-18-7-5-6-14-27(18)19-11-13-24-22(15-19)23(28)25-12-10-17-16-26-21-9-4-3-8-20(17)21/h3-4,8-9,11,13,15-16,18,26H,2,5-7,10,12,14H2,1H3,(H,25,28). The molecule has 1 unspecified atom stereocenters. The Kier molecular flexibility index (Phi) is 5.60. The summed E-state index contributed by atoms with van der Waals surface area (Å²) in [5.41, 5.74) is 3.96. The number of amides is 1. The molecule has 0 bridgehead atoms. The van der Waals surface area contributed by atoms with Crippen LogP contribution in [0.4, 0.5) is 5.69 Å². The molecular weight excluding hydrogens is 348 g/mol. The third-order valence-corrected chi connectivity index (χ3v) is 5.76. The molecule has 0 saturated carbocycles. The van der Waals surface area contributed by atoms with Crippen molar-refractivity contribution < 1.29 is 4.79 Å². The van der Waals surface area contributed by atoms with Crippen molar-refractivity contribution in [2.75, 3.05) is 18.0 Å². The van der Waals surface area contributed by atoms with Crippen molar-refractivity contribution in [1.29, 1.82) is 0 Å². The maximum atomic E-state index is 12.6. The molecule has 1 aliphatic heterocycles. The monoisotopic (exact) mass is 376 g/mol. The summed E-state index contributed by atoms with van der Waals surface area (Å²) in [6, 6.07) is 12.8. The van der Waals surface area contributed by atoms with Crippen LogP contribution in [0, 0.1) is 0 Å². The minimum Gasteiger partial charge on any atom is -0.368 e. The quantitative estimate of drug-likeness (QED) is 0.674. The second-order valence-corrected chi connectivity index (χ2v) is 7.52. The van der Waals surface area contributed by atoms with Gasteiger partial charge in [-0.2, -0.15) is 0 Å². The van der Waals surface area contributed by atoms with E-state index in [1.807, 2.05) is 30.5 Å². The summed E-state index contributed by atoms with van der Waals surface area (Å²) < 4.78 is 0. The molecule has 0 radical (unpaired) electrons. The summed E-state index contributed by atoms with van der Waals surface area (Å²) in [6.07, 6.45) is 9.44. The fraction of sp³-hybridized carbons (Fsp3) is 0.391. The number of aromatic nitrogens is 2. The molecule has 1 aromatic carbocycles. The van der Waals surface area contributed by atoms with Gasteiger partial charge in [-0.15, -0.1) is 0 Å². The van der Waals surface area contributed by atoms with Crippen molar-refractivity contribution in [2.45, 2.75) is 45.1 Å². The molecule has 4 rings (SSSR count). The number of carbonyl (C=O) groups excluding carboxylic acids is 1. The van der Waals surface area contributed by atoms with E-state index in [0.29, 0.717) is 18.3 Å². The highest BCUT2D eigenvalue weighted by molar-refractivity contribution is 5.93. The zero-order valence-electron chi connectivity index (χ0n) is 16.4. The van der Waals surface area contributed by atoms with E-state index in [1.54, 1.807) is 6.20 Å². The van der Waals surface area contributed by atoms with Crippen molar-refractivity contribution in [1.82, 2.24) is 15.3 Å². The number of aromatic amines is 1. The summed E-state index contributed by atoms with van der Waals surface area (Å²) in [6.45, 7) is 3.89. The number of nitrogens with zero attached hydrogens (tertiary/aromatic N) is 2. The maximum absolute atomic E-state index is 12.6. The number of rotatable bonds is 6. The summed E-state index contributed by atoms with van der Waals surface area (Å²) in [7, 11) is 0. The molecule has 1 fully saturated rings. The summed E-state index contributed by atoms with van der Waals surface area (Å²) in [5, 5.41) is 4.24. The van der Waals surface area contributed by atoms with Crippen LogP contribution in [-0.2, 0) is 6.42 Å². The molecule has 3 aromatic rings. The Balaban J connectivity index is 1.39. The summed E-state index contributed by atoms with van der Waals surface area (Å²) in [4.78, 5) is 22.6. The van der Waals surface area contributed by atoms with Gasteiger partial charge in [0, 0.05) is 48.1 Å². The number of benzene rings is 1. The van der Waals surface area contributed by atoms with Crippen molar-refractivity contribution >= 4 is 22.5 Å². The molecule has 146 valence electrons. The fourth-order valence-corrected chi connectivity index (χ4v) is 4.23. The molecule has 3 heterocycles. The van der Waals surface area contributed by atoms with Gasteiger partial charge in [-0.3, -0.25) is 9.78 Å². The number of nitrogens with one attached hydrogen (secondary N) is 2. The normalized spacial score (nSPS) is 17.0. The molecule has 0 aliphatic carbocycles. The van der Waals surface area contributed by atoms with Crippen LogP contribution in [0.1, 0.15) is 48.7 Å². The third kappa shape index (κ3) is 3.88. The maximum Gasteiger partial charge on any atom is 0.269 e. The number of carbonyl (C=O) groups is 1. The highest BCUT2D eigenvalue weighted by atomic mass is 16.1. The molecule has 2 N–H and O–H groups in total. The zero-order valence-corrected chi connectivity index (χ0v) is 16.4. The van der Waals surface area contributed by atoms with Crippen LogP contribution in [0.2, 0.25) is 0 Å². The molecule has 0 spiro atoms. The number of anilines is 1. The lowest BCUT2D eigenvalue weighted by Crippen LogP contribution is -2.39. The lowest BCUT2D eigenvalue weighted by molar-refractivity contribution is 0.0949. The van der Waals surface area contributed by atoms with Crippen LogP contribution in [0.3, 0.4) is 0 Å². The van der Waals surface area contributed by atoms with E-state index in [0.717, 1.165) is 30.6 Å². The molecule has 28 heavy (non-hydrogen) atoms. The molecule has 1 amide bonds. The molecule has 2 aromatic heterocycles. The van der Waals surface area contributed by atoms with Gasteiger partial charge in [0.2, 0.25) is 0 Å². The smallest absolute Gasteiger partial charge is 0.269 e. The lowest BCUT2D eigenvalue weighted by Gasteiger charge is -2.37. The van der Waals surface area contributed by atoms with Gasteiger partial charge in [0.25, 0.3) is 5.91 Å². The van der Waals surface area contributed by atoms with Gasteiger partial charge < -0.3 is 15.2 Å². The van der Waals surface area contributed by atoms with Crippen LogP contribution in [0.25, 0.3) is 10.9 Å². The number of pyridine rings is 1. The predicted molar refractivity (Wildman–Crippen MR) is 114 cm³/mol. The lowest BCUT2D eigenvalue weighted by atomic mass is 9.99. The zero-order chi connectivity index (χ0) is 19.3. The number of hydrogen-bond acceptors (Lipinski definition) is 3. The van der Waals surface area contributed by atoms with Crippen LogP contribution in [-0.4, -0.2) is 35.0 Å². The average Bonchev–Trinajstić information content (AvgIpc) is 3.17. The van der Waals surface area contributed by atoms with Gasteiger partial charge in [-0.05, 0) is 55.9 Å². The van der Waals surface area contributed by atoms with Gasteiger partial charge in [0.15, 0.2) is 0 Å². The van der Waals surface area contributed by atoms with E-state index in [4.69, 9.17) is 0 Å². The third-order valence-electron chi connectivity index (χ3n) is 5.76. The Morgan fingerprint density at radius 1 is 1.29 bits per heavy atom. The van der Waals surface area contributed by atoms with Crippen molar-refractivity contribution in [3.8, 4) is 0 Å². The molecule has 1 atom stereocenters. The Bertz CT molecular complexity index is 948. The first-order valence-corrected chi connectivity index (χ1v) is 10.3. The predicted octanol–water partition coefficient (Wildman–Crippen LogP) is 4.30. The molecular formula is C23H28N4O. The number of H-pyrrole nitrogens is 1. The van der Waals surface area contributed by atoms with Crippen LogP contribution < -0.4 is 10.2 Å². The second kappa shape index (κ2) is 8.46. The highest BCUT2D eigenvalue weighted by Gasteiger charge is 2.22. The first-order chi connectivity index (χ1) is 13.8. The van der Waals surface area contributed by atoms with Gasteiger partial charge in [-0.25, -0.2) is 0 Å². The van der Waals surface area contributed by atoms with E-state index in [2.05, 4.69) is 39.2 Å². The van der Waals surface area contributed by atoms with E-state index in [9.17, 15) is 4.79 Å². The molecule has 5 heteroatoms. The Hall–Kier alpha value is -2.82. The minimum absolute atomic E-state index is 0.105. The first kappa shape index (κ1) is 18.5. The van der Waals surface area contributed by atoms with E-state index in [-0.39, 0.29) is 5.91 Å². The van der Waals surface area contributed by atoms with Gasteiger partial charge in [-0.1, -0.05) is 25.1 Å². The summed E-state index contributed by atoms with van der Waals surface area (Å²) >= 11 is 0. The topological polar surface area (TPSA) is 61.0 Å². The molecule has 1 saturated heterocycles. The number of fused-ring (bicyclic) bond motifs is 1. The van der Waals surface area contributed by atoms with Gasteiger partial charge in [0.1, 0.15) is 5.69 Å². The van der Waals surface area contributed by atoms with Crippen LogP contribution >= 0.6 is 0 Å². The van der Waals surface area contributed by atoms with E-state index in [1.165, 1.54) is 30.2 Å². The number of para-hydroxylation sites is 1. The minimum atomic E-state index is -0.105. The molecule has 1 aliphatic rings. The Morgan fingerprint density at radius 3 is 3.07 bits per heavy atom. The Labute approximate surface area is 166 Å². The number of hydrogen-bond donors (Lipinski definition) is 2. The highest BCUT2D eigenvalue weighted by Crippen LogP contribution is 2.26. The van der Waals surface area contributed by atoms with Crippen LogP contribution in [0.5, 0.6) is 0 Å². The molecule has 5 nitrogen and oxygen atoms in total.